The zero-order valence-corrected chi connectivity index (χ0v) is 19.2. The Balaban J connectivity index is 1.48. The molecule has 9 nitrogen and oxygen atoms in total. The quantitative estimate of drug-likeness (QED) is 0.316. The van der Waals surface area contributed by atoms with Gasteiger partial charge >= 0.3 is 6.18 Å². The second kappa shape index (κ2) is 9.95. The number of hydrogen-bond acceptors (Lipinski definition) is 7. The van der Waals surface area contributed by atoms with Crippen molar-refractivity contribution in [1.82, 2.24) is 24.7 Å². The smallest absolute Gasteiger partial charge is 0.381 e. The molecule has 0 spiro atoms. The number of fused-ring (bicyclic) bond motifs is 1. The molecule has 0 fully saturated rings. The maximum Gasteiger partial charge on any atom is 0.423 e. The Hall–Kier alpha value is -4.36. The Bertz CT molecular complexity index is 1580. The first-order chi connectivity index (χ1) is 17.5. The van der Waals surface area contributed by atoms with Gasteiger partial charge in [-0.1, -0.05) is 0 Å². The third kappa shape index (κ3) is 5.42. The van der Waals surface area contributed by atoms with E-state index in [1.165, 1.54) is 16.8 Å². The largest absolute Gasteiger partial charge is 0.423 e. The number of H-pyrrole nitrogens is 1. The number of benzene rings is 1. The topological polar surface area (TPSA) is 132 Å². The number of nitrogen functional groups attached to an aromatic ring is 1. The normalized spacial score (nSPS) is 12.6. The van der Waals surface area contributed by atoms with E-state index in [9.17, 15) is 31.5 Å². The van der Waals surface area contributed by atoms with Crippen molar-refractivity contribution in [3.8, 4) is 11.4 Å². The van der Waals surface area contributed by atoms with Crippen LogP contribution in [0.4, 0.5) is 33.5 Å². The molecule has 0 bridgehead atoms. The second-order valence-electron chi connectivity index (χ2n) is 8.33. The van der Waals surface area contributed by atoms with Gasteiger partial charge in [0.1, 0.15) is 11.4 Å². The summed E-state index contributed by atoms with van der Waals surface area (Å²) in [5.41, 5.74) is 1.76. The molecule has 4 rings (SSSR count). The van der Waals surface area contributed by atoms with Crippen molar-refractivity contribution in [2.75, 3.05) is 11.1 Å². The van der Waals surface area contributed by atoms with Gasteiger partial charge in [-0.05, 0) is 43.4 Å². The van der Waals surface area contributed by atoms with Gasteiger partial charge in [0.15, 0.2) is 17.5 Å². The summed E-state index contributed by atoms with van der Waals surface area (Å²) < 4.78 is 69.1. The Morgan fingerprint density at radius 3 is 2.62 bits per heavy atom. The number of hydrogen-bond donors (Lipinski definition) is 3. The third-order valence-electron chi connectivity index (χ3n) is 5.65. The fraction of sp³-hybridized carbons (Fsp3) is 0.261. The maximum atomic E-state index is 14.8. The highest BCUT2D eigenvalue weighted by Crippen LogP contribution is 2.32. The molecule has 0 saturated heterocycles. The van der Waals surface area contributed by atoms with Crippen molar-refractivity contribution < 1.29 is 22.0 Å². The predicted octanol–water partition coefficient (Wildman–Crippen LogP) is 3.70. The molecule has 0 saturated carbocycles. The van der Waals surface area contributed by atoms with Gasteiger partial charge in [0.05, 0.1) is 29.0 Å². The molecular formula is C23H20F5N7O2. The van der Waals surface area contributed by atoms with Crippen LogP contribution in [-0.4, -0.2) is 30.8 Å². The van der Waals surface area contributed by atoms with Crippen LogP contribution in [-0.2, 0) is 12.7 Å². The SMILES string of the molecule is CC(CCCn1ccc2cc(-c3ncc(F)c(N)n3)c(F)cc2c1=O)Nc1cn[nH]c(=O)c1C(F)(F)F. The highest BCUT2D eigenvalue weighted by Gasteiger charge is 2.37. The van der Waals surface area contributed by atoms with Crippen LogP contribution in [0.2, 0.25) is 0 Å². The number of nitrogens with two attached hydrogens (primary N) is 1. The molecule has 4 N–H and O–H groups in total. The van der Waals surface area contributed by atoms with Crippen molar-refractivity contribution in [2.24, 2.45) is 0 Å². The Morgan fingerprint density at radius 2 is 1.92 bits per heavy atom. The van der Waals surface area contributed by atoms with E-state index in [0.29, 0.717) is 18.2 Å². The highest BCUT2D eigenvalue weighted by molar-refractivity contribution is 5.86. The third-order valence-corrected chi connectivity index (χ3v) is 5.65. The molecule has 0 amide bonds. The predicted molar refractivity (Wildman–Crippen MR) is 126 cm³/mol. The van der Waals surface area contributed by atoms with Crippen molar-refractivity contribution >= 4 is 22.3 Å². The molecule has 4 aromatic rings. The fourth-order valence-corrected chi connectivity index (χ4v) is 3.86. The summed E-state index contributed by atoms with van der Waals surface area (Å²) in [6.45, 7) is 1.84. The summed E-state index contributed by atoms with van der Waals surface area (Å²) in [6, 6.07) is 3.51. The number of nitrogens with zero attached hydrogens (tertiary/aromatic N) is 4. The van der Waals surface area contributed by atoms with Gasteiger partial charge < -0.3 is 15.6 Å². The zero-order valence-electron chi connectivity index (χ0n) is 19.2. The van der Waals surface area contributed by atoms with Crippen molar-refractivity contribution in [1.29, 1.82) is 0 Å². The number of aromatic amines is 1. The number of rotatable bonds is 7. The van der Waals surface area contributed by atoms with Crippen molar-refractivity contribution in [3.05, 3.63) is 74.7 Å². The van der Waals surface area contributed by atoms with Crippen LogP contribution in [0.25, 0.3) is 22.2 Å². The van der Waals surface area contributed by atoms with Crippen LogP contribution >= 0.6 is 0 Å². The lowest BCUT2D eigenvalue weighted by Gasteiger charge is -2.18. The molecular weight excluding hydrogens is 501 g/mol. The standard InChI is InChI=1S/C23H20F5N7O2/c1-11(32-17-10-31-34-21(36)18(17)23(26,27)28)3-2-5-35-6-4-12-7-14(15(24)8-13(12)22(35)37)20-30-9-16(25)19(29)33-20/h4,6-11H,2-3,5H2,1H3,(H2,29,30,33)(H2,32,34,36). The second-order valence-corrected chi connectivity index (χ2v) is 8.33. The minimum atomic E-state index is -4.86. The summed E-state index contributed by atoms with van der Waals surface area (Å²) in [4.78, 5) is 32.0. The van der Waals surface area contributed by atoms with E-state index in [4.69, 9.17) is 5.73 Å². The number of alkyl halides is 3. The number of pyridine rings is 1. The van der Waals surface area contributed by atoms with E-state index in [1.807, 2.05) is 0 Å². The molecule has 1 atom stereocenters. The van der Waals surface area contributed by atoms with E-state index in [1.54, 1.807) is 18.1 Å². The summed E-state index contributed by atoms with van der Waals surface area (Å²) >= 11 is 0. The number of aryl methyl sites for hydroxylation is 1. The summed E-state index contributed by atoms with van der Waals surface area (Å²) in [6.07, 6.45) is -0.894. The van der Waals surface area contributed by atoms with Gasteiger partial charge in [-0.15, -0.1) is 0 Å². The molecule has 194 valence electrons. The number of nitrogens with one attached hydrogen (secondary N) is 2. The molecule has 37 heavy (non-hydrogen) atoms. The Labute approximate surface area is 205 Å². The molecule has 3 heterocycles. The average Bonchev–Trinajstić information content (AvgIpc) is 2.81. The van der Waals surface area contributed by atoms with Gasteiger partial charge in [-0.3, -0.25) is 9.59 Å². The zero-order chi connectivity index (χ0) is 26.9. The van der Waals surface area contributed by atoms with Crippen LogP contribution in [0.1, 0.15) is 25.3 Å². The van der Waals surface area contributed by atoms with Crippen LogP contribution in [0.5, 0.6) is 0 Å². The minimum Gasteiger partial charge on any atom is -0.381 e. The highest BCUT2D eigenvalue weighted by atomic mass is 19.4. The first kappa shape index (κ1) is 25.7. The number of halogens is 5. The van der Waals surface area contributed by atoms with E-state index in [0.717, 1.165) is 18.5 Å². The Morgan fingerprint density at radius 1 is 1.16 bits per heavy atom. The lowest BCUT2D eigenvalue weighted by Crippen LogP contribution is -2.27. The number of aromatic nitrogens is 5. The van der Waals surface area contributed by atoms with E-state index in [-0.39, 0.29) is 23.3 Å². The monoisotopic (exact) mass is 521 g/mol. The molecule has 0 aliphatic heterocycles. The van der Waals surface area contributed by atoms with Gasteiger partial charge in [0, 0.05) is 18.8 Å². The van der Waals surface area contributed by atoms with Crippen LogP contribution in [0.3, 0.4) is 0 Å². The maximum absolute atomic E-state index is 14.8. The molecule has 0 radical (unpaired) electrons. The van der Waals surface area contributed by atoms with Crippen molar-refractivity contribution in [2.45, 2.75) is 38.5 Å². The summed E-state index contributed by atoms with van der Waals surface area (Å²) in [5.74, 6) is -2.20. The number of anilines is 2. The Kier molecular flexibility index (Phi) is 6.92. The lowest BCUT2D eigenvalue weighted by molar-refractivity contribution is -0.138. The molecule has 1 aromatic carbocycles. The molecule has 1 unspecified atom stereocenters. The van der Waals surface area contributed by atoms with E-state index in [2.05, 4.69) is 20.4 Å². The first-order valence-electron chi connectivity index (χ1n) is 11.0. The summed E-state index contributed by atoms with van der Waals surface area (Å²) in [5, 5.41) is 8.32. The molecule has 0 aliphatic carbocycles. The lowest BCUT2D eigenvalue weighted by atomic mass is 10.1. The van der Waals surface area contributed by atoms with Gasteiger partial charge in [0.25, 0.3) is 11.1 Å². The van der Waals surface area contributed by atoms with Gasteiger partial charge in [-0.25, -0.2) is 23.8 Å². The molecule has 14 heteroatoms. The molecule has 3 aromatic heterocycles. The van der Waals surface area contributed by atoms with Crippen LogP contribution in [0.15, 0.2) is 46.4 Å². The van der Waals surface area contributed by atoms with Gasteiger partial charge in [0.2, 0.25) is 0 Å². The van der Waals surface area contributed by atoms with E-state index < -0.39 is 52.0 Å². The first-order valence-corrected chi connectivity index (χ1v) is 11.0. The van der Waals surface area contributed by atoms with Crippen LogP contribution in [0, 0.1) is 11.6 Å². The average molecular weight is 521 g/mol. The fourth-order valence-electron chi connectivity index (χ4n) is 3.86. The van der Waals surface area contributed by atoms with Gasteiger partial charge in [-0.2, -0.15) is 18.3 Å². The summed E-state index contributed by atoms with van der Waals surface area (Å²) in [7, 11) is 0. The minimum absolute atomic E-state index is 0.0521. The van der Waals surface area contributed by atoms with E-state index >= 15 is 0 Å². The van der Waals surface area contributed by atoms with Crippen LogP contribution < -0.4 is 22.2 Å². The molecule has 0 aliphatic rings. The van der Waals surface area contributed by atoms with Crippen molar-refractivity contribution in [3.63, 3.8) is 0 Å².